The first-order chi connectivity index (χ1) is 15.9. The lowest BCUT2D eigenvalue weighted by Gasteiger charge is -2.32. The van der Waals surface area contributed by atoms with E-state index in [4.69, 9.17) is 4.74 Å². The maximum Gasteiger partial charge on any atom is 0.224 e. The van der Waals surface area contributed by atoms with Gasteiger partial charge in [0.1, 0.15) is 11.9 Å². The fourth-order valence-corrected chi connectivity index (χ4v) is 4.34. The van der Waals surface area contributed by atoms with Crippen molar-refractivity contribution in [2.24, 2.45) is 5.92 Å². The molecule has 6 nitrogen and oxygen atoms in total. The number of aliphatic hydroxyl groups is 1. The molecular formula is C26H33N3O3S. The number of hydrogen-bond donors (Lipinski definition) is 2. The quantitative estimate of drug-likeness (QED) is 0.478. The molecule has 1 aromatic heterocycles. The summed E-state index contributed by atoms with van der Waals surface area (Å²) in [6.07, 6.45) is 5.08. The van der Waals surface area contributed by atoms with E-state index in [-0.39, 0.29) is 31.1 Å². The molecule has 0 saturated carbocycles. The number of amides is 1. The standard InChI is InChI=1S/C26H33N3O3S/c1-19(2)6-4-7-21-9-10-25-24(14-21)32-23(11-13-29(33-25)20(3)18-30)17-28-26(31)15-22-8-5-12-27-16-22/h5,8-10,12,14,16,19-20,23,30H,6,11,13,15,17-18H2,1-3H3,(H,28,31). The van der Waals surface area contributed by atoms with Gasteiger partial charge in [-0.15, -0.1) is 0 Å². The number of fused-ring (bicyclic) bond motifs is 1. The summed E-state index contributed by atoms with van der Waals surface area (Å²) in [5.74, 6) is 7.69. The Hall–Kier alpha value is -2.53. The van der Waals surface area contributed by atoms with Crippen LogP contribution in [0, 0.1) is 17.8 Å². The maximum atomic E-state index is 12.4. The first-order valence-electron chi connectivity index (χ1n) is 11.4. The number of ether oxygens (including phenoxy) is 1. The van der Waals surface area contributed by atoms with Crippen molar-refractivity contribution in [3.8, 4) is 17.6 Å². The van der Waals surface area contributed by atoms with Crippen LogP contribution in [-0.2, 0) is 11.2 Å². The molecule has 2 atom stereocenters. The Morgan fingerprint density at radius 3 is 2.94 bits per heavy atom. The third-order valence-corrected chi connectivity index (χ3v) is 6.55. The van der Waals surface area contributed by atoms with E-state index < -0.39 is 0 Å². The predicted molar refractivity (Wildman–Crippen MR) is 132 cm³/mol. The van der Waals surface area contributed by atoms with Crippen molar-refractivity contribution in [3.63, 3.8) is 0 Å². The largest absolute Gasteiger partial charge is 0.487 e. The average Bonchev–Trinajstić information content (AvgIpc) is 2.79. The highest BCUT2D eigenvalue weighted by Crippen LogP contribution is 2.36. The molecular weight excluding hydrogens is 434 g/mol. The van der Waals surface area contributed by atoms with Crippen molar-refractivity contribution < 1.29 is 14.6 Å². The van der Waals surface area contributed by atoms with Crippen LogP contribution in [0.15, 0.2) is 47.6 Å². The van der Waals surface area contributed by atoms with E-state index in [0.29, 0.717) is 12.5 Å². The van der Waals surface area contributed by atoms with Crippen LogP contribution in [0.4, 0.5) is 0 Å². The zero-order valence-corrected chi connectivity index (χ0v) is 20.4. The second kappa shape index (κ2) is 12.6. The van der Waals surface area contributed by atoms with Gasteiger partial charge < -0.3 is 15.2 Å². The lowest BCUT2D eigenvalue weighted by atomic mass is 10.1. The molecule has 176 valence electrons. The fourth-order valence-electron chi connectivity index (χ4n) is 3.32. The molecule has 2 aromatic rings. The number of carbonyl (C=O) groups is 1. The summed E-state index contributed by atoms with van der Waals surface area (Å²) in [7, 11) is 0. The van der Waals surface area contributed by atoms with Crippen molar-refractivity contribution >= 4 is 17.9 Å². The van der Waals surface area contributed by atoms with Crippen LogP contribution in [0.3, 0.4) is 0 Å². The number of aliphatic hydroxyl groups excluding tert-OH is 1. The molecule has 1 aliphatic rings. The molecule has 0 fully saturated rings. The van der Waals surface area contributed by atoms with Gasteiger partial charge in [-0.2, -0.15) is 0 Å². The van der Waals surface area contributed by atoms with Crippen molar-refractivity contribution in [1.29, 1.82) is 0 Å². The van der Waals surface area contributed by atoms with Gasteiger partial charge in [-0.1, -0.05) is 31.8 Å². The van der Waals surface area contributed by atoms with E-state index in [1.165, 1.54) is 0 Å². The fraction of sp³-hybridized carbons (Fsp3) is 0.462. The van der Waals surface area contributed by atoms with Crippen LogP contribution < -0.4 is 10.1 Å². The molecule has 0 bridgehead atoms. The van der Waals surface area contributed by atoms with Gasteiger partial charge in [-0.25, -0.2) is 4.31 Å². The van der Waals surface area contributed by atoms with E-state index in [2.05, 4.69) is 40.3 Å². The summed E-state index contributed by atoms with van der Waals surface area (Å²) in [4.78, 5) is 17.5. The monoisotopic (exact) mass is 467 g/mol. The highest BCUT2D eigenvalue weighted by molar-refractivity contribution is 7.97. The highest BCUT2D eigenvalue weighted by Gasteiger charge is 2.24. The zero-order chi connectivity index (χ0) is 23.6. The minimum atomic E-state index is -0.185. The van der Waals surface area contributed by atoms with Crippen LogP contribution in [0.1, 0.15) is 44.7 Å². The summed E-state index contributed by atoms with van der Waals surface area (Å²) in [6.45, 7) is 7.54. The Morgan fingerprint density at radius 1 is 1.36 bits per heavy atom. The number of nitrogens with one attached hydrogen (secondary N) is 1. The third kappa shape index (κ3) is 8.08. The lowest BCUT2D eigenvalue weighted by molar-refractivity contribution is -0.120. The van der Waals surface area contributed by atoms with Crippen LogP contribution in [0.2, 0.25) is 0 Å². The first kappa shape index (κ1) is 25.1. The molecule has 1 aromatic carbocycles. The second-order valence-corrected chi connectivity index (χ2v) is 9.79. The molecule has 3 rings (SSSR count). The number of pyridine rings is 1. The smallest absolute Gasteiger partial charge is 0.224 e. The Labute approximate surface area is 201 Å². The van der Waals surface area contributed by atoms with Gasteiger partial charge in [0.2, 0.25) is 5.91 Å². The molecule has 1 amide bonds. The molecule has 2 N–H and O–H groups in total. The minimum Gasteiger partial charge on any atom is -0.487 e. The van der Waals surface area contributed by atoms with Crippen molar-refractivity contribution in [1.82, 2.24) is 14.6 Å². The van der Waals surface area contributed by atoms with E-state index in [1.807, 2.05) is 37.3 Å². The van der Waals surface area contributed by atoms with E-state index in [1.54, 1.807) is 24.3 Å². The van der Waals surface area contributed by atoms with Gasteiger partial charge in [0, 0.05) is 37.0 Å². The third-order valence-electron chi connectivity index (χ3n) is 5.24. The SMILES string of the molecule is CC(C)CC#Cc1ccc2c(c1)OC(CNC(=O)Cc1cccnc1)CCN(C(C)CO)S2. The van der Waals surface area contributed by atoms with Gasteiger partial charge in [0.15, 0.2) is 0 Å². The summed E-state index contributed by atoms with van der Waals surface area (Å²) in [6, 6.07) is 9.74. The van der Waals surface area contributed by atoms with Crippen molar-refractivity contribution in [3.05, 3.63) is 53.9 Å². The number of carbonyl (C=O) groups excluding carboxylic acids is 1. The molecule has 0 radical (unpaired) electrons. The van der Waals surface area contributed by atoms with Crippen molar-refractivity contribution in [2.75, 3.05) is 19.7 Å². The topological polar surface area (TPSA) is 74.7 Å². The lowest BCUT2D eigenvalue weighted by Crippen LogP contribution is -2.40. The van der Waals surface area contributed by atoms with Crippen LogP contribution in [-0.4, -0.2) is 52.1 Å². The Balaban J connectivity index is 1.73. The average molecular weight is 468 g/mol. The molecule has 0 aliphatic carbocycles. The van der Waals surface area contributed by atoms with Gasteiger partial charge >= 0.3 is 0 Å². The van der Waals surface area contributed by atoms with Gasteiger partial charge in [0.25, 0.3) is 0 Å². The van der Waals surface area contributed by atoms with Crippen LogP contribution >= 0.6 is 11.9 Å². The molecule has 2 heterocycles. The van der Waals surface area contributed by atoms with E-state index in [0.717, 1.165) is 41.2 Å². The van der Waals surface area contributed by atoms with E-state index >= 15 is 0 Å². The molecule has 0 saturated heterocycles. The number of hydrogen-bond acceptors (Lipinski definition) is 6. The van der Waals surface area contributed by atoms with Gasteiger partial charge in [0.05, 0.1) is 24.5 Å². The predicted octanol–water partition coefficient (Wildman–Crippen LogP) is 3.68. The summed E-state index contributed by atoms with van der Waals surface area (Å²) >= 11 is 1.60. The van der Waals surface area contributed by atoms with E-state index in [9.17, 15) is 9.90 Å². The zero-order valence-electron chi connectivity index (χ0n) is 19.6. The highest BCUT2D eigenvalue weighted by atomic mass is 32.2. The molecule has 0 spiro atoms. The number of nitrogens with zero attached hydrogens (tertiary/aromatic N) is 2. The van der Waals surface area contributed by atoms with Crippen molar-refractivity contribution in [2.45, 2.75) is 57.1 Å². The van der Waals surface area contributed by atoms with Crippen LogP contribution in [0.5, 0.6) is 5.75 Å². The van der Waals surface area contributed by atoms with Gasteiger partial charge in [-0.05, 0) is 61.0 Å². The Bertz CT molecular complexity index is 972. The second-order valence-electron chi connectivity index (χ2n) is 8.70. The molecule has 1 aliphatic heterocycles. The first-order valence-corrected chi connectivity index (χ1v) is 12.2. The number of rotatable bonds is 7. The Kier molecular flexibility index (Phi) is 9.61. The normalized spacial score (nSPS) is 17.1. The number of benzene rings is 1. The minimum absolute atomic E-state index is 0.00674. The molecule has 7 heteroatoms. The number of aromatic nitrogens is 1. The van der Waals surface area contributed by atoms with Gasteiger partial charge in [-0.3, -0.25) is 9.78 Å². The summed E-state index contributed by atoms with van der Waals surface area (Å²) < 4.78 is 8.54. The summed E-state index contributed by atoms with van der Waals surface area (Å²) in [5.41, 5.74) is 1.79. The molecule has 2 unspecified atom stereocenters. The molecule has 33 heavy (non-hydrogen) atoms. The maximum absolute atomic E-state index is 12.4. The summed E-state index contributed by atoms with van der Waals surface area (Å²) in [5, 5.41) is 12.7. The van der Waals surface area contributed by atoms with Crippen LogP contribution in [0.25, 0.3) is 0 Å². The Morgan fingerprint density at radius 2 is 2.21 bits per heavy atom.